The molecule has 0 saturated carbocycles. The summed E-state index contributed by atoms with van der Waals surface area (Å²) in [5, 5.41) is 8.99. The highest BCUT2D eigenvalue weighted by atomic mass is 16.7. The maximum Gasteiger partial charge on any atom is 0.231 e. The molecule has 1 aromatic carbocycles. The molecule has 1 N–H and O–H groups in total. The molecule has 0 spiro atoms. The maximum atomic E-state index is 12.3. The third-order valence-electron chi connectivity index (χ3n) is 3.53. The maximum absolute atomic E-state index is 12.3. The van der Waals surface area contributed by atoms with Gasteiger partial charge in [0, 0.05) is 19.2 Å². The van der Waals surface area contributed by atoms with Gasteiger partial charge in [0.05, 0.1) is 6.42 Å². The topological polar surface area (TPSA) is 59.0 Å². The lowest BCUT2D eigenvalue weighted by Gasteiger charge is -2.27. The molecule has 0 radical (unpaired) electrons. The van der Waals surface area contributed by atoms with Gasteiger partial charge < -0.3 is 19.5 Å². The first kappa shape index (κ1) is 14.7. The minimum absolute atomic E-state index is 0.0477. The smallest absolute Gasteiger partial charge is 0.231 e. The number of nitrogens with zero attached hydrogens (tertiary/aromatic N) is 1. The van der Waals surface area contributed by atoms with E-state index < -0.39 is 0 Å². The van der Waals surface area contributed by atoms with Gasteiger partial charge >= 0.3 is 0 Å². The van der Waals surface area contributed by atoms with Crippen LogP contribution < -0.4 is 9.47 Å². The number of amides is 1. The molecule has 110 valence electrons. The van der Waals surface area contributed by atoms with Crippen molar-refractivity contribution < 1.29 is 19.4 Å². The Balaban J connectivity index is 2.02. The zero-order valence-corrected chi connectivity index (χ0v) is 12.0. The average Bonchev–Trinajstić information content (AvgIpc) is 2.87. The second-order valence-electron chi connectivity index (χ2n) is 4.91. The summed E-state index contributed by atoms with van der Waals surface area (Å²) >= 11 is 0. The normalized spacial score (nSPS) is 14.2. The van der Waals surface area contributed by atoms with Crippen LogP contribution in [0, 0.1) is 0 Å². The van der Waals surface area contributed by atoms with Crippen LogP contribution in [0.15, 0.2) is 18.2 Å². The van der Waals surface area contributed by atoms with Crippen molar-refractivity contribution in [3.05, 3.63) is 23.8 Å². The molecule has 5 heteroatoms. The number of aliphatic hydroxyl groups excluding tert-OH is 1. The second-order valence-corrected chi connectivity index (χ2v) is 4.91. The van der Waals surface area contributed by atoms with Crippen molar-refractivity contribution in [2.24, 2.45) is 0 Å². The highest BCUT2D eigenvalue weighted by Gasteiger charge is 2.20. The Bertz CT molecular complexity index is 475. The minimum atomic E-state index is 0.0477. The van der Waals surface area contributed by atoms with E-state index in [4.69, 9.17) is 14.6 Å². The van der Waals surface area contributed by atoms with Gasteiger partial charge in [-0.05, 0) is 38.0 Å². The van der Waals surface area contributed by atoms with E-state index >= 15 is 0 Å². The number of rotatable bonds is 6. The first-order valence-corrected chi connectivity index (χ1v) is 6.94. The van der Waals surface area contributed by atoms with Crippen molar-refractivity contribution >= 4 is 5.91 Å². The summed E-state index contributed by atoms with van der Waals surface area (Å²) in [6, 6.07) is 5.62. The second kappa shape index (κ2) is 6.61. The van der Waals surface area contributed by atoms with Crippen molar-refractivity contribution in [2.75, 3.05) is 19.9 Å². The summed E-state index contributed by atoms with van der Waals surface area (Å²) in [4.78, 5) is 14.1. The number of likely N-dealkylation sites (N-methyl/N-ethyl adjacent to an activating group) is 1. The van der Waals surface area contributed by atoms with Gasteiger partial charge in [0.2, 0.25) is 12.7 Å². The summed E-state index contributed by atoms with van der Waals surface area (Å²) in [5.74, 6) is 1.48. The highest BCUT2D eigenvalue weighted by molar-refractivity contribution is 5.79. The van der Waals surface area contributed by atoms with Gasteiger partial charge in [-0.3, -0.25) is 4.79 Å². The molecule has 0 aliphatic carbocycles. The van der Waals surface area contributed by atoms with Crippen LogP contribution >= 0.6 is 0 Å². The molecule has 1 aliphatic heterocycles. The average molecular weight is 279 g/mol. The van der Waals surface area contributed by atoms with Gasteiger partial charge in [0.1, 0.15) is 0 Å². The zero-order valence-electron chi connectivity index (χ0n) is 12.0. The summed E-state index contributed by atoms with van der Waals surface area (Å²) in [6.45, 7) is 4.88. The summed E-state index contributed by atoms with van der Waals surface area (Å²) in [6.07, 6.45) is 0.932. The predicted molar refractivity (Wildman–Crippen MR) is 74.8 cm³/mol. The standard InChI is InChI=1S/C15H21NO4/c1-3-16(11(2)6-7-17)15(18)9-12-4-5-13-14(8-12)20-10-19-13/h4-5,8,11,17H,3,6-7,9-10H2,1-2H3. The van der Waals surface area contributed by atoms with E-state index in [1.54, 1.807) is 4.90 Å². The number of hydrogen-bond donors (Lipinski definition) is 1. The van der Waals surface area contributed by atoms with Crippen LogP contribution in [0.25, 0.3) is 0 Å². The van der Waals surface area contributed by atoms with E-state index in [1.807, 2.05) is 32.0 Å². The fraction of sp³-hybridized carbons (Fsp3) is 0.533. The van der Waals surface area contributed by atoms with Gasteiger partial charge in [-0.25, -0.2) is 0 Å². The SMILES string of the molecule is CCN(C(=O)Cc1ccc2c(c1)OCO2)C(C)CCO. The molecule has 2 rings (SSSR count). The first-order valence-electron chi connectivity index (χ1n) is 6.94. The molecule has 1 heterocycles. The van der Waals surface area contributed by atoms with Crippen LogP contribution in [-0.2, 0) is 11.2 Å². The van der Waals surface area contributed by atoms with E-state index in [2.05, 4.69) is 0 Å². The van der Waals surface area contributed by atoms with Gasteiger partial charge in [0.15, 0.2) is 11.5 Å². The molecule has 1 aromatic rings. The monoisotopic (exact) mass is 279 g/mol. The van der Waals surface area contributed by atoms with Crippen molar-refractivity contribution in [3.8, 4) is 11.5 Å². The summed E-state index contributed by atoms with van der Waals surface area (Å²) in [7, 11) is 0. The van der Waals surface area contributed by atoms with Crippen molar-refractivity contribution in [2.45, 2.75) is 32.7 Å². The van der Waals surface area contributed by atoms with Crippen LogP contribution in [0.3, 0.4) is 0 Å². The quantitative estimate of drug-likeness (QED) is 0.859. The molecule has 1 aliphatic rings. The molecule has 1 unspecified atom stereocenters. The Hall–Kier alpha value is -1.75. The lowest BCUT2D eigenvalue weighted by Crippen LogP contribution is -2.39. The Morgan fingerprint density at radius 2 is 2.15 bits per heavy atom. The number of aliphatic hydroxyl groups is 1. The van der Waals surface area contributed by atoms with E-state index in [0.717, 1.165) is 11.3 Å². The van der Waals surface area contributed by atoms with Crippen LogP contribution in [0.4, 0.5) is 0 Å². The highest BCUT2D eigenvalue weighted by Crippen LogP contribution is 2.32. The molecule has 0 aromatic heterocycles. The molecule has 1 atom stereocenters. The summed E-state index contributed by atoms with van der Waals surface area (Å²) < 4.78 is 10.6. The molecular weight excluding hydrogens is 258 g/mol. The van der Waals surface area contributed by atoms with Crippen molar-refractivity contribution in [3.63, 3.8) is 0 Å². The third-order valence-corrected chi connectivity index (χ3v) is 3.53. The lowest BCUT2D eigenvalue weighted by atomic mass is 10.1. The van der Waals surface area contributed by atoms with E-state index in [0.29, 0.717) is 25.1 Å². The van der Waals surface area contributed by atoms with Crippen LogP contribution in [0.5, 0.6) is 11.5 Å². The summed E-state index contributed by atoms with van der Waals surface area (Å²) in [5.41, 5.74) is 0.911. The van der Waals surface area contributed by atoms with Crippen molar-refractivity contribution in [1.29, 1.82) is 0 Å². The Kier molecular flexibility index (Phi) is 4.84. The van der Waals surface area contributed by atoms with Gasteiger partial charge in [-0.2, -0.15) is 0 Å². The van der Waals surface area contributed by atoms with E-state index in [9.17, 15) is 4.79 Å². The molecule has 0 bridgehead atoms. The Morgan fingerprint density at radius 1 is 1.40 bits per heavy atom. The van der Waals surface area contributed by atoms with Crippen LogP contribution in [0.2, 0.25) is 0 Å². The predicted octanol–water partition coefficient (Wildman–Crippen LogP) is 1.58. The molecule has 5 nitrogen and oxygen atoms in total. The zero-order chi connectivity index (χ0) is 14.5. The molecule has 1 amide bonds. The minimum Gasteiger partial charge on any atom is -0.454 e. The van der Waals surface area contributed by atoms with E-state index in [1.165, 1.54) is 0 Å². The lowest BCUT2D eigenvalue weighted by molar-refractivity contribution is -0.132. The molecule has 20 heavy (non-hydrogen) atoms. The number of hydrogen-bond acceptors (Lipinski definition) is 4. The van der Waals surface area contributed by atoms with Gasteiger partial charge in [-0.1, -0.05) is 6.07 Å². The Morgan fingerprint density at radius 3 is 2.85 bits per heavy atom. The van der Waals surface area contributed by atoms with Crippen LogP contribution in [-0.4, -0.2) is 41.9 Å². The largest absolute Gasteiger partial charge is 0.454 e. The number of benzene rings is 1. The van der Waals surface area contributed by atoms with E-state index in [-0.39, 0.29) is 25.3 Å². The third kappa shape index (κ3) is 3.22. The first-order chi connectivity index (χ1) is 9.65. The number of fused-ring (bicyclic) bond motifs is 1. The fourth-order valence-corrected chi connectivity index (χ4v) is 2.40. The van der Waals surface area contributed by atoms with Crippen molar-refractivity contribution in [1.82, 2.24) is 4.90 Å². The number of carbonyl (C=O) groups excluding carboxylic acids is 1. The Labute approximate surface area is 119 Å². The fourth-order valence-electron chi connectivity index (χ4n) is 2.40. The van der Waals surface area contributed by atoms with Gasteiger partial charge in [-0.15, -0.1) is 0 Å². The molecule has 0 saturated heterocycles. The molecule has 0 fully saturated rings. The number of ether oxygens (including phenoxy) is 2. The molecular formula is C15H21NO4. The number of carbonyl (C=O) groups is 1. The van der Waals surface area contributed by atoms with Crippen LogP contribution in [0.1, 0.15) is 25.8 Å². The van der Waals surface area contributed by atoms with Gasteiger partial charge in [0.25, 0.3) is 0 Å².